The van der Waals surface area contributed by atoms with Crippen molar-refractivity contribution in [1.82, 2.24) is 4.72 Å². The van der Waals surface area contributed by atoms with Crippen LogP contribution in [-0.2, 0) is 10.0 Å². The summed E-state index contributed by atoms with van der Waals surface area (Å²) in [4.78, 5) is 2.35. The van der Waals surface area contributed by atoms with E-state index in [0.29, 0.717) is 11.6 Å². The number of rotatable bonds is 1. The van der Waals surface area contributed by atoms with E-state index in [-0.39, 0.29) is 6.04 Å². The molecule has 1 aromatic carbocycles. The Bertz CT molecular complexity index is 514. The van der Waals surface area contributed by atoms with E-state index in [9.17, 15) is 8.42 Å². The molecular formula is C10H13BrN2O2S. The molecule has 4 nitrogen and oxygen atoms in total. The maximum absolute atomic E-state index is 11.8. The van der Waals surface area contributed by atoms with Gasteiger partial charge in [-0.25, -0.2) is 8.42 Å². The molecule has 1 heterocycles. The molecule has 0 saturated carbocycles. The maximum atomic E-state index is 11.8. The lowest BCUT2D eigenvalue weighted by molar-refractivity contribution is 0.561. The van der Waals surface area contributed by atoms with Gasteiger partial charge in [-0.1, -0.05) is 15.9 Å². The van der Waals surface area contributed by atoms with Crippen LogP contribution < -0.4 is 9.62 Å². The zero-order valence-corrected chi connectivity index (χ0v) is 11.5. The number of nitrogens with one attached hydrogen (secondary N) is 1. The highest BCUT2D eigenvalue weighted by Gasteiger charge is 2.28. The van der Waals surface area contributed by atoms with Gasteiger partial charge >= 0.3 is 0 Å². The fraction of sp³-hybridized carbons (Fsp3) is 0.400. The summed E-state index contributed by atoms with van der Waals surface area (Å²) in [5.41, 5.74) is 0.761. The van der Waals surface area contributed by atoms with Crippen molar-refractivity contribution in [1.29, 1.82) is 0 Å². The number of anilines is 1. The first-order valence-electron chi connectivity index (χ1n) is 4.97. The van der Waals surface area contributed by atoms with Crippen molar-refractivity contribution in [3.63, 3.8) is 0 Å². The number of sulfonamides is 1. The van der Waals surface area contributed by atoms with Gasteiger partial charge in [-0.3, -0.25) is 0 Å². The molecule has 0 aromatic heterocycles. The minimum Gasteiger partial charge on any atom is -0.354 e. The normalized spacial score (nSPS) is 18.6. The molecule has 0 bridgehead atoms. The molecule has 1 aliphatic heterocycles. The number of hydrogen-bond acceptors (Lipinski definition) is 3. The van der Waals surface area contributed by atoms with Crippen LogP contribution in [0, 0.1) is 0 Å². The summed E-state index contributed by atoms with van der Waals surface area (Å²) in [6.07, 6.45) is 0. The van der Waals surface area contributed by atoms with Gasteiger partial charge < -0.3 is 4.90 Å². The first kappa shape index (κ1) is 11.9. The topological polar surface area (TPSA) is 49.4 Å². The van der Waals surface area contributed by atoms with E-state index in [4.69, 9.17) is 0 Å². The van der Waals surface area contributed by atoms with Gasteiger partial charge in [0.25, 0.3) is 0 Å². The fourth-order valence-electron chi connectivity index (χ4n) is 1.72. The van der Waals surface area contributed by atoms with Crippen LogP contribution in [0.4, 0.5) is 5.69 Å². The monoisotopic (exact) mass is 304 g/mol. The molecule has 6 heteroatoms. The molecule has 88 valence electrons. The summed E-state index contributed by atoms with van der Waals surface area (Å²) in [6, 6.07) is 5.57. The van der Waals surface area contributed by atoms with E-state index in [0.717, 1.165) is 10.2 Å². The number of nitrogens with zero attached hydrogens (tertiary/aromatic N) is 1. The van der Waals surface area contributed by atoms with Crippen molar-refractivity contribution in [2.75, 3.05) is 11.6 Å². The highest BCUT2D eigenvalue weighted by Crippen LogP contribution is 2.32. The van der Waals surface area contributed by atoms with Gasteiger partial charge in [-0.15, -0.1) is 0 Å². The molecule has 1 aromatic rings. The Labute approximate surface area is 104 Å². The zero-order chi connectivity index (χ0) is 11.9. The average molecular weight is 305 g/mol. The van der Waals surface area contributed by atoms with Crippen LogP contribution in [0.5, 0.6) is 0 Å². The minimum atomic E-state index is -3.35. The van der Waals surface area contributed by atoms with E-state index in [2.05, 4.69) is 20.7 Å². The van der Waals surface area contributed by atoms with Crippen LogP contribution in [0.1, 0.15) is 13.8 Å². The summed E-state index contributed by atoms with van der Waals surface area (Å²) < 4.78 is 27.0. The average Bonchev–Trinajstić information content (AvgIpc) is 2.18. The molecule has 0 spiro atoms. The van der Waals surface area contributed by atoms with E-state index < -0.39 is 10.0 Å². The van der Waals surface area contributed by atoms with Gasteiger partial charge in [0.15, 0.2) is 0 Å². The van der Waals surface area contributed by atoms with Gasteiger partial charge in [0.05, 0.1) is 12.4 Å². The lowest BCUT2D eigenvalue weighted by Crippen LogP contribution is -2.46. The molecule has 1 aliphatic rings. The van der Waals surface area contributed by atoms with Crippen molar-refractivity contribution in [2.24, 2.45) is 0 Å². The van der Waals surface area contributed by atoms with Crippen molar-refractivity contribution < 1.29 is 8.42 Å². The molecule has 0 radical (unpaired) electrons. The Morgan fingerprint density at radius 1 is 1.44 bits per heavy atom. The molecule has 0 saturated heterocycles. The smallest absolute Gasteiger partial charge is 0.244 e. The Balaban J connectivity index is 2.62. The van der Waals surface area contributed by atoms with Crippen molar-refractivity contribution in [3.8, 4) is 0 Å². The summed E-state index contributed by atoms with van der Waals surface area (Å²) >= 11 is 3.29. The standard InChI is InChI=1S/C10H13BrN2O2S/c1-7(2)13-6-12-16(14,15)10-5-8(11)3-4-9(10)13/h3-5,7,12H,6H2,1-2H3. The maximum Gasteiger partial charge on any atom is 0.244 e. The van der Waals surface area contributed by atoms with Crippen LogP contribution in [0.15, 0.2) is 27.6 Å². The molecule has 0 atom stereocenters. The van der Waals surface area contributed by atoms with Crippen LogP contribution >= 0.6 is 15.9 Å². The highest BCUT2D eigenvalue weighted by molar-refractivity contribution is 9.10. The third-order valence-electron chi connectivity index (χ3n) is 2.57. The molecule has 0 amide bonds. The van der Waals surface area contributed by atoms with E-state index >= 15 is 0 Å². The molecule has 0 unspecified atom stereocenters. The number of benzene rings is 1. The Kier molecular flexibility index (Phi) is 2.98. The van der Waals surface area contributed by atoms with Crippen LogP contribution in [0.2, 0.25) is 0 Å². The first-order chi connectivity index (χ1) is 7.42. The minimum absolute atomic E-state index is 0.253. The second-order valence-corrected chi connectivity index (χ2v) is 6.63. The van der Waals surface area contributed by atoms with Crippen molar-refractivity contribution in [3.05, 3.63) is 22.7 Å². The predicted molar refractivity (Wildman–Crippen MR) is 66.9 cm³/mol. The first-order valence-corrected chi connectivity index (χ1v) is 7.25. The third kappa shape index (κ3) is 1.97. The van der Waals surface area contributed by atoms with Gasteiger partial charge in [0.1, 0.15) is 4.90 Å². The molecule has 1 N–H and O–H groups in total. The Hall–Kier alpha value is -0.590. The van der Waals surface area contributed by atoms with Gasteiger partial charge in [0, 0.05) is 10.5 Å². The number of hydrogen-bond donors (Lipinski definition) is 1. The predicted octanol–water partition coefficient (Wildman–Crippen LogP) is 1.91. The molecule has 2 rings (SSSR count). The van der Waals surface area contributed by atoms with Crippen molar-refractivity contribution in [2.45, 2.75) is 24.8 Å². The van der Waals surface area contributed by atoms with Crippen molar-refractivity contribution >= 4 is 31.6 Å². The lowest BCUT2D eigenvalue weighted by atomic mass is 10.2. The molecule has 0 aliphatic carbocycles. The molecule has 0 fully saturated rings. The van der Waals surface area contributed by atoms with Crippen LogP contribution in [0.3, 0.4) is 0 Å². The zero-order valence-electron chi connectivity index (χ0n) is 9.07. The van der Waals surface area contributed by atoms with Crippen LogP contribution in [0.25, 0.3) is 0 Å². The van der Waals surface area contributed by atoms with E-state index in [1.54, 1.807) is 6.07 Å². The van der Waals surface area contributed by atoms with Gasteiger partial charge in [-0.2, -0.15) is 4.72 Å². The molecule has 16 heavy (non-hydrogen) atoms. The summed E-state index contributed by atoms with van der Waals surface area (Å²) in [5, 5.41) is 0. The fourth-order valence-corrected chi connectivity index (χ4v) is 3.44. The van der Waals surface area contributed by atoms with Gasteiger partial charge in [-0.05, 0) is 32.0 Å². The second-order valence-electron chi connectivity index (χ2n) is 3.98. The third-order valence-corrected chi connectivity index (χ3v) is 4.48. The summed E-state index contributed by atoms with van der Waals surface area (Å²) in [5.74, 6) is 0. The quantitative estimate of drug-likeness (QED) is 0.862. The molecular weight excluding hydrogens is 292 g/mol. The summed E-state index contributed by atoms with van der Waals surface area (Å²) in [6.45, 7) is 4.39. The number of fused-ring (bicyclic) bond motifs is 1. The SMILES string of the molecule is CC(C)N1CNS(=O)(=O)c2cc(Br)ccc21. The Morgan fingerprint density at radius 2 is 2.12 bits per heavy atom. The lowest BCUT2D eigenvalue weighted by Gasteiger charge is -2.34. The highest BCUT2D eigenvalue weighted by atomic mass is 79.9. The van der Waals surface area contributed by atoms with Crippen LogP contribution in [-0.4, -0.2) is 21.1 Å². The number of halogens is 1. The van der Waals surface area contributed by atoms with E-state index in [1.807, 2.05) is 30.9 Å². The second kappa shape index (κ2) is 4.01. The van der Waals surface area contributed by atoms with Gasteiger partial charge in [0.2, 0.25) is 10.0 Å². The largest absolute Gasteiger partial charge is 0.354 e. The summed E-state index contributed by atoms with van der Waals surface area (Å²) in [7, 11) is -3.35. The van der Waals surface area contributed by atoms with E-state index in [1.165, 1.54) is 0 Å². The Morgan fingerprint density at radius 3 is 2.75 bits per heavy atom.